The lowest BCUT2D eigenvalue weighted by Gasteiger charge is -2.12. The minimum absolute atomic E-state index is 0.0571. The van der Waals surface area contributed by atoms with Gasteiger partial charge in [0.2, 0.25) is 5.82 Å². The number of hydrogen-bond donors (Lipinski definition) is 0. The Morgan fingerprint density at radius 3 is 2.55 bits per heavy atom. The Bertz CT molecular complexity index is 1980. The topological polar surface area (TPSA) is 69.6 Å². The Hall–Kier alpha value is -3.79. The predicted molar refractivity (Wildman–Crippen MR) is 162 cm³/mol. The summed E-state index contributed by atoms with van der Waals surface area (Å²) in [6, 6.07) is 24.1. The summed E-state index contributed by atoms with van der Waals surface area (Å²) in [5.74, 6) is 0.787. The van der Waals surface area contributed by atoms with Crippen molar-refractivity contribution in [2.24, 2.45) is 5.10 Å². The highest BCUT2D eigenvalue weighted by Crippen LogP contribution is 2.35. The molecule has 6 nitrogen and oxygen atoms in total. The fourth-order valence-electron chi connectivity index (χ4n) is 4.20. The minimum Gasteiger partial charge on any atom is -0.486 e. The predicted octanol–water partition coefficient (Wildman–Crippen LogP) is 8.59. The molecule has 10 heteroatoms. The first-order chi connectivity index (χ1) is 19.4. The van der Waals surface area contributed by atoms with Gasteiger partial charge in [0.05, 0.1) is 26.1 Å². The molecule has 2 heterocycles. The number of nitrogens with zero attached hydrogens (tertiary/aromatic N) is 3. The summed E-state index contributed by atoms with van der Waals surface area (Å²) in [7, 11) is 0. The molecule has 0 aliphatic rings. The fraction of sp³-hybridized carbons (Fsp3) is 0.0333. The Balaban J connectivity index is 1.39. The van der Waals surface area contributed by atoms with E-state index in [1.807, 2.05) is 6.07 Å². The summed E-state index contributed by atoms with van der Waals surface area (Å²) < 4.78 is 28.4. The molecule has 2 aromatic heterocycles. The smallest absolute Gasteiger partial charge is 0.282 e. The molecule has 0 saturated heterocycles. The molecule has 6 rings (SSSR count). The number of para-hydroxylation sites is 1. The van der Waals surface area contributed by atoms with E-state index in [4.69, 9.17) is 25.7 Å². The van der Waals surface area contributed by atoms with Crippen molar-refractivity contribution in [3.8, 4) is 17.3 Å². The van der Waals surface area contributed by atoms with Crippen molar-refractivity contribution in [2.45, 2.75) is 6.61 Å². The van der Waals surface area contributed by atoms with Crippen LogP contribution in [-0.2, 0) is 6.61 Å². The highest BCUT2D eigenvalue weighted by molar-refractivity contribution is 9.11. The van der Waals surface area contributed by atoms with Gasteiger partial charge in [-0.25, -0.2) is 9.37 Å². The van der Waals surface area contributed by atoms with Crippen molar-refractivity contribution in [3.63, 3.8) is 0 Å². The average Bonchev–Trinajstić information content (AvgIpc) is 3.36. The first kappa shape index (κ1) is 26.4. The number of benzene rings is 4. The molecule has 0 unspecified atom stereocenters. The Labute approximate surface area is 248 Å². The van der Waals surface area contributed by atoms with Crippen LogP contribution in [0.2, 0.25) is 5.02 Å². The molecule has 0 bridgehead atoms. The quantitative estimate of drug-likeness (QED) is 0.165. The monoisotopic (exact) mass is 679 g/mol. The van der Waals surface area contributed by atoms with E-state index < -0.39 is 0 Å². The third kappa shape index (κ3) is 5.20. The van der Waals surface area contributed by atoms with Crippen LogP contribution < -0.4 is 10.3 Å². The summed E-state index contributed by atoms with van der Waals surface area (Å²) in [6.45, 7) is 0.0571. The van der Waals surface area contributed by atoms with Gasteiger partial charge in [0.1, 0.15) is 23.8 Å². The van der Waals surface area contributed by atoms with E-state index in [1.165, 1.54) is 17.0 Å². The van der Waals surface area contributed by atoms with E-state index in [-0.39, 0.29) is 23.8 Å². The number of ether oxygens (including phenoxy) is 1. The van der Waals surface area contributed by atoms with E-state index in [0.717, 1.165) is 5.39 Å². The Morgan fingerprint density at radius 1 is 1.00 bits per heavy atom. The molecule has 6 aromatic rings. The van der Waals surface area contributed by atoms with Crippen LogP contribution in [0.5, 0.6) is 5.75 Å². The van der Waals surface area contributed by atoms with Gasteiger partial charge < -0.3 is 9.15 Å². The van der Waals surface area contributed by atoms with Crippen molar-refractivity contribution >= 4 is 71.5 Å². The van der Waals surface area contributed by atoms with Crippen molar-refractivity contribution in [2.75, 3.05) is 0 Å². The summed E-state index contributed by atoms with van der Waals surface area (Å²) in [4.78, 5) is 18.2. The molecule has 0 saturated carbocycles. The van der Waals surface area contributed by atoms with Crippen LogP contribution in [0.1, 0.15) is 11.1 Å². The van der Waals surface area contributed by atoms with Crippen LogP contribution in [0.4, 0.5) is 4.39 Å². The zero-order chi connectivity index (χ0) is 27.8. The molecule has 40 heavy (non-hydrogen) atoms. The second-order valence-electron chi connectivity index (χ2n) is 8.80. The van der Waals surface area contributed by atoms with E-state index in [2.05, 4.69) is 37.0 Å². The molecular formula is C30H17Br2ClFN3O3. The molecule has 0 spiro atoms. The van der Waals surface area contributed by atoms with E-state index in [9.17, 15) is 9.18 Å². The van der Waals surface area contributed by atoms with Crippen LogP contribution in [-0.4, -0.2) is 15.9 Å². The zero-order valence-corrected chi connectivity index (χ0v) is 24.4. The standard InChI is InChI=1S/C30H17Br2ClFN3O3/c31-22-11-17(12-23(32)28(22)39-16-18-5-1-3-7-24(18)34)15-35-37-29(36-25-8-4-2-6-21(25)30(37)38)27-14-19-13-20(33)9-10-26(19)40-27/h1-15H,16H2. The van der Waals surface area contributed by atoms with Crippen LogP contribution in [0.15, 0.2) is 108 Å². The number of fused-ring (bicyclic) bond motifs is 2. The fourth-order valence-corrected chi connectivity index (χ4v) is 5.83. The Morgan fingerprint density at radius 2 is 1.75 bits per heavy atom. The van der Waals surface area contributed by atoms with Crippen molar-refractivity contribution in [1.82, 2.24) is 9.66 Å². The SMILES string of the molecule is O=c1c2ccccc2nc(-c2cc3cc(Cl)ccc3o2)n1N=Cc1cc(Br)c(OCc2ccccc2F)c(Br)c1. The van der Waals surface area contributed by atoms with Gasteiger partial charge in [-0.15, -0.1) is 0 Å². The second-order valence-corrected chi connectivity index (χ2v) is 10.9. The molecule has 0 atom stereocenters. The highest BCUT2D eigenvalue weighted by atomic mass is 79.9. The van der Waals surface area contributed by atoms with E-state index >= 15 is 0 Å². The summed E-state index contributed by atoms with van der Waals surface area (Å²) in [5, 5.41) is 6.27. The molecule has 198 valence electrons. The number of aromatic nitrogens is 2. The number of hydrogen-bond acceptors (Lipinski definition) is 5. The summed E-state index contributed by atoms with van der Waals surface area (Å²) in [5.41, 5.74) is 1.89. The molecule has 0 fully saturated rings. The van der Waals surface area contributed by atoms with Crippen LogP contribution >= 0.6 is 43.5 Å². The zero-order valence-electron chi connectivity index (χ0n) is 20.4. The van der Waals surface area contributed by atoms with Gasteiger partial charge in [-0.05, 0) is 92.0 Å². The molecule has 0 amide bonds. The molecule has 0 aliphatic heterocycles. The number of furan rings is 1. The van der Waals surface area contributed by atoms with Crippen molar-refractivity contribution < 1.29 is 13.5 Å². The third-order valence-corrected chi connectivity index (χ3v) is 7.54. The number of halogens is 4. The van der Waals surface area contributed by atoms with Gasteiger partial charge in [0.15, 0.2) is 5.76 Å². The lowest BCUT2D eigenvalue weighted by Crippen LogP contribution is -2.20. The van der Waals surface area contributed by atoms with Gasteiger partial charge >= 0.3 is 0 Å². The third-order valence-electron chi connectivity index (χ3n) is 6.13. The van der Waals surface area contributed by atoms with E-state index in [1.54, 1.807) is 72.8 Å². The normalized spacial score (nSPS) is 11.6. The van der Waals surface area contributed by atoms with Gasteiger partial charge in [-0.1, -0.05) is 41.9 Å². The summed E-state index contributed by atoms with van der Waals surface area (Å²) >= 11 is 13.2. The van der Waals surface area contributed by atoms with Gasteiger partial charge in [0, 0.05) is 16.0 Å². The van der Waals surface area contributed by atoms with Crippen LogP contribution in [0.25, 0.3) is 33.5 Å². The lowest BCUT2D eigenvalue weighted by atomic mass is 10.2. The molecule has 4 aromatic carbocycles. The molecular weight excluding hydrogens is 665 g/mol. The second kappa shape index (κ2) is 11.0. The van der Waals surface area contributed by atoms with Gasteiger partial charge in [-0.3, -0.25) is 4.79 Å². The maximum absolute atomic E-state index is 14.0. The van der Waals surface area contributed by atoms with Crippen molar-refractivity contribution in [3.05, 3.63) is 126 Å². The molecule has 0 N–H and O–H groups in total. The summed E-state index contributed by atoms with van der Waals surface area (Å²) in [6.07, 6.45) is 1.54. The average molecular weight is 682 g/mol. The largest absolute Gasteiger partial charge is 0.486 e. The maximum atomic E-state index is 14.0. The van der Waals surface area contributed by atoms with Crippen LogP contribution in [0.3, 0.4) is 0 Å². The van der Waals surface area contributed by atoms with Crippen molar-refractivity contribution in [1.29, 1.82) is 0 Å². The van der Waals surface area contributed by atoms with Gasteiger partial charge in [0.25, 0.3) is 5.56 Å². The molecule has 0 aliphatic carbocycles. The van der Waals surface area contributed by atoms with Crippen LogP contribution in [0, 0.1) is 5.82 Å². The molecule has 0 radical (unpaired) electrons. The first-order valence-electron chi connectivity index (χ1n) is 12.0. The Kier molecular flexibility index (Phi) is 7.27. The minimum atomic E-state index is -0.349. The first-order valence-corrected chi connectivity index (χ1v) is 13.9. The van der Waals surface area contributed by atoms with Gasteiger partial charge in [-0.2, -0.15) is 9.78 Å². The highest BCUT2D eigenvalue weighted by Gasteiger charge is 2.17. The lowest BCUT2D eigenvalue weighted by molar-refractivity contribution is 0.296. The van der Waals surface area contributed by atoms with E-state index in [0.29, 0.717) is 53.1 Å². The maximum Gasteiger partial charge on any atom is 0.282 e. The number of rotatable bonds is 6.